The summed E-state index contributed by atoms with van der Waals surface area (Å²) in [5.74, 6) is -1.64. The summed E-state index contributed by atoms with van der Waals surface area (Å²) < 4.78 is 0. The van der Waals surface area contributed by atoms with Gasteiger partial charge in [0.25, 0.3) is 0 Å². The van der Waals surface area contributed by atoms with Crippen LogP contribution in [0.4, 0.5) is 0 Å². The molecular formula is C27H47N7O5. The zero-order valence-corrected chi connectivity index (χ0v) is 23.0. The number of phenols is 1. The van der Waals surface area contributed by atoms with Gasteiger partial charge in [0.2, 0.25) is 17.7 Å². The summed E-state index contributed by atoms with van der Waals surface area (Å²) in [5.41, 5.74) is 22.3. The van der Waals surface area contributed by atoms with Gasteiger partial charge in [0, 0.05) is 6.42 Å². The molecule has 0 aliphatic rings. The number of aromatic hydroxyl groups is 1. The van der Waals surface area contributed by atoms with Gasteiger partial charge in [0.15, 0.2) is 6.29 Å². The molecule has 0 fully saturated rings. The number of nitrogens with two attached hydrogens (primary N) is 4. The normalized spacial score (nSPS) is 14.9. The van der Waals surface area contributed by atoms with Gasteiger partial charge in [-0.3, -0.25) is 19.2 Å². The first kappa shape index (κ1) is 34.0. The highest BCUT2D eigenvalue weighted by atomic mass is 16.3. The second-order valence-electron chi connectivity index (χ2n) is 9.92. The standard InChI is InChI=1S/C27H47N7O5/c1-2-3-14-27(31,18-35)34-26(39)23(17-19-10-12-20(36)13-11-19)33-25(38)22(9-5-7-16-29)32-24(37)21(30)8-4-6-15-28/h10-13,18,21-23,36H,2-9,14-17,28-31H2,1H3,(H,32,37)(H,33,38)(H,34,39)/t21-,22-,23-,27?/m0/s1. The quantitative estimate of drug-likeness (QED) is 0.0602. The predicted molar refractivity (Wildman–Crippen MR) is 150 cm³/mol. The molecule has 0 heterocycles. The Bertz CT molecular complexity index is 899. The molecule has 3 amide bonds. The summed E-state index contributed by atoms with van der Waals surface area (Å²) in [6.45, 7) is 2.86. The number of nitrogens with one attached hydrogen (secondary N) is 3. The van der Waals surface area contributed by atoms with Gasteiger partial charge < -0.3 is 44.0 Å². The van der Waals surface area contributed by atoms with Crippen molar-refractivity contribution in [2.45, 2.75) is 94.9 Å². The number of aldehydes is 1. The number of carbonyl (C=O) groups excluding carboxylic acids is 4. The molecule has 4 atom stereocenters. The number of hydrogen-bond acceptors (Lipinski definition) is 9. The summed E-state index contributed by atoms with van der Waals surface area (Å²) in [5, 5.41) is 17.6. The van der Waals surface area contributed by atoms with Crippen molar-refractivity contribution in [3.63, 3.8) is 0 Å². The van der Waals surface area contributed by atoms with E-state index in [1.54, 1.807) is 12.1 Å². The van der Waals surface area contributed by atoms with Crippen LogP contribution < -0.4 is 38.9 Å². The highest BCUT2D eigenvalue weighted by Crippen LogP contribution is 2.13. The van der Waals surface area contributed by atoms with E-state index in [-0.39, 0.29) is 18.6 Å². The van der Waals surface area contributed by atoms with Gasteiger partial charge in [0.1, 0.15) is 23.5 Å². The largest absolute Gasteiger partial charge is 0.508 e. The lowest BCUT2D eigenvalue weighted by molar-refractivity contribution is -0.134. The average molecular weight is 550 g/mol. The van der Waals surface area contributed by atoms with Gasteiger partial charge in [-0.2, -0.15) is 0 Å². The second kappa shape index (κ2) is 18.3. The average Bonchev–Trinajstić information content (AvgIpc) is 2.92. The summed E-state index contributed by atoms with van der Waals surface area (Å²) in [4.78, 5) is 51.1. The molecule has 1 rings (SSSR count). The Morgan fingerprint density at radius 1 is 0.897 bits per heavy atom. The zero-order valence-electron chi connectivity index (χ0n) is 23.0. The van der Waals surface area contributed by atoms with Gasteiger partial charge >= 0.3 is 0 Å². The Hall–Kier alpha value is -3.06. The van der Waals surface area contributed by atoms with Crippen LogP contribution >= 0.6 is 0 Å². The van der Waals surface area contributed by atoms with Gasteiger partial charge in [-0.15, -0.1) is 0 Å². The fourth-order valence-corrected chi connectivity index (χ4v) is 3.97. The molecule has 39 heavy (non-hydrogen) atoms. The zero-order chi connectivity index (χ0) is 29.3. The molecule has 0 saturated heterocycles. The Kier molecular flexibility index (Phi) is 15.9. The number of benzene rings is 1. The number of phenolic OH excluding ortho intramolecular Hbond substituents is 1. The van der Waals surface area contributed by atoms with E-state index in [1.807, 2.05) is 6.92 Å². The molecule has 12 N–H and O–H groups in total. The Labute approximate surface area is 231 Å². The van der Waals surface area contributed by atoms with E-state index in [1.165, 1.54) is 12.1 Å². The highest BCUT2D eigenvalue weighted by Gasteiger charge is 2.32. The fraction of sp³-hybridized carbons (Fsp3) is 0.630. The first-order chi connectivity index (χ1) is 18.6. The molecule has 0 aromatic heterocycles. The first-order valence-electron chi connectivity index (χ1n) is 13.7. The Morgan fingerprint density at radius 3 is 2.05 bits per heavy atom. The number of carbonyl (C=O) groups is 4. The molecule has 0 bridgehead atoms. The van der Waals surface area contributed by atoms with E-state index in [9.17, 15) is 24.3 Å². The van der Waals surface area contributed by atoms with Crippen LogP contribution in [0.15, 0.2) is 24.3 Å². The molecule has 1 aromatic rings. The summed E-state index contributed by atoms with van der Waals surface area (Å²) in [6.07, 6.45) is 5.52. The molecule has 12 heteroatoms. The predicted octanol–water partition coefficient (Wildman–Crippen LogP) is -0.350. The van der Waals surface area contributed by atoms with E-state index in [2.05, 4.69) is 16.0 Å². The summed E-state index contributed by atoms with van der Waals surface area (Å²) >= 11 is 0. The summed E-state index contributed by atoms with van der Waals surface area (Å²) in [6, 6.07) is 3.31. The van der Waals surface area contributed by atoms with Crippen molar-refractivity contribution >= 4 is 24.0 Å². The van der Waals surface area contributed by atoms with Gasteiger partial charge in [-0.1, -0.05) is 31.9 Å². The van der Waals surface area contributed by atoms with Gasteiger partial charge in [0.05, 0.1) is 6.04 Å². The van der Waals surface area contributed by atoms with Crippen molar-refractivity contribution in [2.75, 3.05) is 13.1 Å². The molecule has 0 saturated carbocycles. The SMILES string of the molecule is CCCCC(N)(C=O)NC(=O)[C@H](Cc1ccc(O)cc1)NC(=O)[C@H](CCCCN)NC(=O)[C@@H](N)CCCCN. The number of unbranched alkanes of at least 4 members (excludes halogenated alkanes) is 3. The third kappa shape index (κ3) is 13.0. The lowest BCUT2D eigenvalue weighted by Gasteiger charge is -2.29. The smallest absolute Gasteiger partial charge is 0.244 e. The van der Waals surface area contributed by atoms with Crippen LogP contribution in [0.3, 0.4) is 0 Å². The second-order valence-corrected chi connectivity index (χ2v) is 9.92. The fourth-order valence-electron chi connectivity index (χ4n) is 3.97. The van der Waals surface area contributed by atoms with Crippen molar-refractivity contribution in [1.29, 1.82) is 0 Å². The van der Waals surface area contributed by atoms with Crippen molar-refractivity contribution in [1.82, 2.24) is 16.0 Å². The monoisotopic (exact) mass is 549 g/mol. The molecule has 0 aliphatic carbocycles. The van der Waals surface area contributed by atoms with Crippen LogP contribution in [0, 0.1) is 0 Å². The maximum atomic E-state index is 13.4. The molecule has 1 aromatic carbocycles. The van der Waals surface area contributed by atoms with Crippen LogP contribution in [0.5, 0.6) is 5.75 Å². The van der Waals surface area contributed by atoms with Crippen molar-refractivity contribution < 1.29 is 24.3 Å². The Balaban J connectivity index is 3.11. The van der Waals surface area contributed by atoms with E-state index in [0.717, 1.165) is 12.8 Å². The molecule has 0 radical (unpaired) electrons. The number of hydrogen-bond donors (Lipinski definition) is 8. The van der Waals surface area contributed by atoms with Gasteiger partial charge in [-0.05, 0) is 75.7 Å². The van der Waals surface area contributed by atoms with Crippen LogP contribution in [0.1, 0.15) is 70.3 Å². The van der Waals surface area contributed by atoms with E-state index in [4.69, 9.17) is 22.9 Å². The molecule has 12 nitrogen and oxygen atoms in total. The molecular weight excluding hydrogens is 502 g/mol. The Morgan fingerprint density at radius 2 is 1.49 bits per heavy atom. The number of rotatable bonds is 20. The van der Waals surface area contributed by atoms with Crippen LogP contribution in [-0.2, 0) is 25.6 Å². The first-order valence-corrected chi connectivity index (χ1v) is 13.7. The molecule has 1 unspecified atom stereocenters. The van der Waals surface area contributed by atoms with E-state index >= 15 is 0 Å². The van der Waals surface area contributed by atoms with Crippen molar-refractivity contribution in [3.05, 3.63) is 29.8 Å². The third-order valence-electron chi connectivity index (χ3n) is 6.41. The highest BCUT2D eigenvalue weighted by molar-refractivity contribution is 5.94. The lowest BCUT2D eigenvalue weighted by atomic mass is 10.0. The van der Waals surface area contributed by atoms with Gasteiger partial charge in [-0.25, -0.2) is 0 Å². The van der Waals surface area contributed by atoms with Crippen molar-refractivity contribution in [2.24, 2.45) is 22.9 Å². The van der Waals surface area contributed by atoms with E-state index in [0.29, 0.717) is 63.5 Å². The van der Waals surface area contributed by atoms with Crippen LogP contribution in [-0.4, -0.2) is 66.0 Å². The third-order valence-corrected chi connectivity index (χ3v) is 6.41. The van der Waals surface area contributed by atoms with Crippen LogP contribution in [0.25, 0.3) is 0 Å². The van der Waals surface area contributed by atoms with Crippen LogP contribution in [0.2, 0.25) is 0 Å². The maximum absolute atomic E-state index is 13.4. The topological polar surface area (TPSA) is 229 Å². The molecule has 0 spiro atoms. The molecule has 220 valence electrons. The minimum Gasteiger partial charge on any atom is -0.508 e. The minimum absolute atomic E-state index is 0.0516. The number of amides is 3. The molecule has 0 aliphatic heterocycles. The van der Waals surface area contributed by atoms with E-state index < -0.39 is 41.5 Å². The maximum Gasteiger partial charge on any atom is 0.244 e. The lowest BCUT2D eigenvalue weighted by Crippen LogP contribution is -2.63. The summed E-state index contributed by atoms with van der Waals surface area (Å²) in [7, 11) is 0. The minimum atomic E-state index is -1.59. The van der Waals surface area contributed by atoms with Crippen molar-refractivity contribution in [3.8, 4) is 5.75 Å².